The zero-order valence-corrected chi connectivity index (χ0v) is 12.6. The highest BCUT2D eigenvalue weighted by atomic mass is 35.5. The summed E-state index contributed by atoms with van der Waals surface area (Å²) in [5.74, 6) is 1.41. The van der Waals surface area contributed by atoms with Crippen molar-refractivity contribution in [1.29, 1.82) is 0 Å². The molecule has 0 bridgehead atoms. The predicted octanol–water partition coefficient (Wildman–Crippen LogP) is 2.10. The van der Waals surface area contributed by atoms with Crippen molar-refractivity contribution in [1.82, 2.24) is 20.4 Å². The van der Waals surface area contributed by atoms with E-state index in [1.165, 1.54) is 5.56 Å². The normalized spacial score (nSPS) is 20.2. The lowest BCUT2D eigenvalue weighted by molar-refractivity contribution is 0.190. The lowest BCUT2D eigenvalue weighted by Gasteiger charge is -2.30. The SMILES string of the molecule is Cc1ccsc1-c1nc(C2CNCCN2C)no1.Cl. The number of nitrogens with one attached hydrogen (secondary N) is 1. The van der Waals surface area contributed by atoms with Gasteiger partial charge in [-0.1, -0.05) is 5.16 Å². The van der Waals surface area contributed by atoms with Gasteiger partial charge in [0.1, 0.15) is 0 Å². The molecular formula is C12H17ClN4OS. The molecule has 0 amide bonds. The molecule has 1 saturated heterocycles. The first kappa shape index (κ1) is 14.5. The Morgan fingerprint density at radius 2 is 2.37 bits per heavy atom. The monoisotopic (exact) mass is 300 g/mol. The van der Waals surface area contributed by atoms with Gasteiger partial charge in [-0.15, -0.1) is 23.7 Å². The van der Waals surface area contributed by atoms with Gasteiger partial charge < -0.3 is 9.84 Å². The van der Waals surface area contributed by atoms with Crippen molar-refractivity contribution in [2.45, 2.75) is 13.0 Å². The number of hydrogen-bond donors (Lipinski definition) is 1. The molecule has 1 N–H and O–H groups in total. The highest BCUT2D eigenvalue weighted by molar-refractivity contribution is 7.13. The molecule has 1 aliphatic rings. The van der Waals surface area contributed by atoms with Gasteiger partial charge in [-0.2, -0.15) is 4.98 Å². The number of likely N-dealkylation sites (N-methyl/N-ethyl adjacent to an activating group) is 1. The Kier molecular flexibility index (Phi) is 4.57. The fourth-order valence-corrected chi connectivity index (χ4v) is 2.99. The van der Waals surface area contributed by atoms with Crippen LogP contribution in [0.3, 0.4) is 0 Å². The number of thiophene rings is 1. The van der Waals surface area contributed by atoms with E-state index < -0.39 is 0 Å². The lowest BCUT2D eigenvalue weighted by atomic mass is 10.2. The summed E-state index contributed by atoms with van der Waals surface area (Å²) in [4.78, 5) is 7.86. The second-order valence-corrected chi connectivity index (χ2v) is 5.51. The summed E-state index contributed by atoms with van der Waals surface area (Å²) in [6, 6.07) is 2.27. The Bertz CT molecular complexity index is 541. The van der Waals surface area contributed by atoms with Crippen LogP contribution >= 0.6 is 23.7 Å². The van der Waals surface area contributed by atoms with Crippen LogP contribution < -0.4 is 5.32 Å². The molecule has 1 unspecified atom stereocenters. The van der Waals surface area contributed by atoms with Gasteiger partial charge in [0.05, 0.1) is 10.9 Å². The summed E-state index contributed by atoms with van der Waals surface area (Å²) in [7, 11) is 2.10. The van der Waals surface area contributed by atoms with E-state index in [2.05, 4.69) is 40.4 Å². The molecule has 3 heterocycles. The van der Waals surface area contributed by atoms with Gasteiger partial charge in [-0.25, -0.2) is 0 Å². The molecule has 3 rings (SSSR count). The minimum Gasteiger partial charge on any atom is -0.333 e. The largest absolute Gasteiger partial charge is 0.333 e. The Balaban J connectivity index is 0.00000133. The zero-order valence-electron chi connectivity index (χ0n) is 10.9. The van der Waals surface area contributed by atoms with Gasteiger partial charge in [0, 0.05) is 19.6 Å². The van der Waals surface area contributed by atoms with Crippen LogP contribution in [0.25, 0.3) is 10.8 Å². The first-order valence-electron chi connectivity index (χ1n) is 6.05. The fraction of sp³-hybridized carbons (Fsp3) is 0.500. The fourth-order valence-electron chi connectivity index (χ4n) is 2.15. The molecular weight excluding hydrogens is 284 g/mol. The van der Waals surface area contributed by atoms with E-state index in [0.29, 0.717) is 5.89 Å². The Hall–Kier alpha value is -0.950. The molecule has 104 valence electrons. The maximum Gasteiger partial charge on any atom is 0.268 e. The molecule has 2 aromatic heterocycles. The second-order valence-electron chi connectivity index (χ2n) is 4.59. The van der Waals surface area contributed by atoms with Crippen molar-refractivity contribution in [2.75, 3.05) is 26.7 Å². The van der Waals surface area contributed by atoms with Crippen molar-refractivity contribution < 1.29 is 4.52 Å². The zero-order chi connectivity index (χ0) is 12.5. The van der Waals surface area contributed by atoms with Crippen LogP contribution in [0.2, 0.25) is 0 Å². The molecule has 19 heavy (non-hydrogen) atoms. The van der Waals surface area contributed by atoms with Gasteiger partial charge in [0.15, 0.2) is 5.82 Å². The van der Waals surface area contributed by atoms with Crippen LogP contribution in [-0.2, 0) is 0 Å². The molecule has 0 aliphatic carbocycles. The third-order valence-corrected chi connectivity index (χ3v) is 4.31. The van der Waals surface area contributed by atoms with Crippen molar-refractivity contribution in [2.24, 2.45) is 0 Å². The molecule has 0 saturated carbocycles. The summed E-state index contributed by atoms with van der Waals surface area (Å²) in [6.07, 6.45) is 0. The molecule has 0 radical (unpaired) electrons. The molecule has 2 aromatic rings. The molecule has 1 aliphatic heterocycles. The van der Waals surface area contributed by atoms with Gasteiger partial charge >= 0.3 is 0 Å². The van der Waals surface area contributed by atoms with Crippen molar-refractivity contribution in [3.8, 4) is 10.8 Å². The standard InChI is InChI=1S/C12H16N4OS.ClH/c1-8-3-6-18-10(8)12-14-11(15-17-12)9-7-13-4-5-16(9)2;/h3,6,9,13H,4-5,7H2,1-2H3;1H. The van der Waals surface area contributed by atoms with E-state index in [1.807, 2.05) is 5.38 Å². The number of aryl methyl sites for hydroxylation is 1. The summed E-state index contributed by atoms with van der Waals surface area (Å²) < 4.78 is 5.39. The number of rotatable bonds is 2. The van der Waals surface area contributed by atoms with E-state index in [4.69, 9.17) is 4.52 Å². The molecule has 0 aromatic carbocycles. The van der Waals surface area contributed by atoms with Gasteiger partial charge in [0.25, 0.3) is 5.89 Å². The minimum atomic E-state index is 0. The number of halogens is 1. The van der Waals surface area contributed by atoms with Gasteiger partial charge in [-0.3, -0.25) is 4.90 Å². The topological polar surface area (TPSA) is 54.2 Å². The van der Waals surface area contributed by atoms with Crippen LogP contribution in [0, 0.1) is 6.92 Å². The van der Waals surface area contributed by atoms with Crippen LogP contribution in [0.4, 0.5) is 0 Å². The summed E-state index contributed by atoms with van der Waals surface area (Å²) in [5, 5.41) is 9.53. The number of nitrogens with zero attached hydrogens (tertiary/aromatic N) is 3. The van der Waals surface area contributed by atoms with Crippen LogP contribution in [0.15, 0.2) is 16.0 Å². The van der Waals surface area contributed by atoms with Gasteiger partial charge in [0.2, 0.25) is 0 Å². The van der Waals surface area contributed by atoms with E-state index in [0.717, 1.165) is 30.3 Å². The lowest BCUT2D eigenvalue weighted by Crippen LogP contribution is -2.44. The van der Waals surface area contributed by atoms with E-state index in [1.54, 1.807) is 11.3 Å². The molecule has 0 spiro atoms. The van der Waals surface area contributed by atoms with Crippen LogP contribution in [0.5, 0.6) is 0 Å². The third-order valence-electron chi connectivity index (χ3n) is 3.31. The quantitative estimate of drug-likeness (QED) is 0.920. The minimum absolute atomic E-state index is 0. The molecule has 5 nitrogen and oxygen atoms in total. The average Bonchev–Trinajstić information content (AvgIpc) is 2.98. The third kappa shape index (κ3) is 2.81. The van der Waals surface area contributed by atoms with Crippen LogP contribution in [0.1, 0.15) is 17.4 Å². The van der Waals surface area contributed by atoms with Crippen molar-refractivity contribution in [3.05, 3.63) is 22.8 Å². The van der Waals surface area contributed by atoms with Crippen molar-refractivity contribution in [3.63, 3.8) is 0 Å². The maximum absolute atomic E-state index is 5.39. The summed E-state index contributed by atoms with van der Waals surface area (Å²) in [6.45, 7) is 4.96. The average molecular weight is 301 g/mol. The summed E-state index contributed by atoms with van der Waals surface area (Å²) >= 11 is 1.64. The molecule has 1 fully saturated rings. The first-order valence-corrected chi connectivity index (χ1v) is 6.92. The smallest absolute Gasteiger partial charge is 0.268 e. The maximum atomic E-state index is 5.39. The van der Waals surface area contributed by atoms with E-state index >= 15 is 0 Å². The highest BCUT2D eigenvalue weighted by Crippen LogP contribution is 2.29. The van der Waals surface area contributed by atoms with Crippen LogP contribution in [-0.4, -0.2) is 41.7 Å². The molecule has 7 heteroatoms. The van der Waals surface area contributed by atoms with E-state index in [-0.39, 0.29) is 18.4 Å². The van der Waals surface area contributed by atoms with Gasteiger partial charge in [-0.05, 0) is 31.0 Å². The number of aromatic nitrogens is 2. The Morgan fingerprint density at radius 1 is 1.53 bits per heavy atom. The second kappa shape index (κ2) is 6.00. The van der Waals surface area contributed by atoms with E-state index in [9.17, 15) is 0 Å². The summed E-state index contributed by atoms with van der Waals surface area (Å²) in [5.41, 5.74) is 1.19. The Labute approximate surface area is 122 Å². The van der Waals surface area contributed by atoms with Crippen molar-refractivity contribution >= 4 is 23.7 Å². The first-order chi connectivity index (χ1) is 8.75. The number of piperazine rings is 1. The predicted molar refractivity (Wildman–Crippen MR) is 77.8 cm³/mol. The Morgan fingerprint density at radius 3 is 3.05 bits per heavy atom. The highest BCUT2D eigenvalue weighted by Gasteiger charge is 2.25. The molecule has 1 atom stereocenters. The number of hydrogen-bond acceptors (Lipinski definition) is 6.